The highest BCUT2D eigenvalue weighted by Gasteiger charge is 2.14. The summed E-state index contributed by atoms with van der Waals surface area (Å²) >= 11 is 12.1. The van der Waals surface area contributed by atoms with Gasteiger partial charge in [-0.1, -0.05) is 41.4 Å². The normalized spacial score (nSPS) is 10.9. The van der Waals surface area contributed by atoms with Gasteiger partial charge in [-0.05, 0) is 67.4 Å². The van der Waals surface area contributed by atoms with E-state index in [1.165, 1.54) is 6.07 Å². The fourth-order valence-corrected chi connectivity index (χ4v) is 3.94. The van der Waals surface area contributed by atoms with Gasteiger partial charge in [0.1, 0.15) is 18.2 Å². The quantitative estimate of drug-likeness (QED) is 0.304. The Balaban J connectivity index is 1.43. The van der Waals surface area contributed by atoms with Crippen molar-refractivity contribution in [3.05, 3.63) is 111 Å². The Morgan fingerprint density at radius 1 is 1.06 bits per heavy atom. The molecule has 3 aromatic carbocycles. The minimum Gasteiger partial charge on any atom is -0.489 e. The molecule has 0 fully saturated rings. The molecule has 5 nitrogen and oxygen atoms in total. The third-order valence-corrected chi connectivity index (χ3v) is 5.90. The molecule has 0 aliphatic rings. The first-order valence-electron chi connectivity index (χ1n) is 10.6. The fraction of sp³-hybridized carbons (Fsp3) is 0.154. The van der Waals surface area contributed by atoms with Crippen LogP contribution in [-0.2, 0) is 13.2 Å². The molecule has 0 atom stereocenters. The van der Waals surface area contributed by atoms with Crippen LogP contribution in [0.15, 0.2) is 66.7 Å². The van der Waals surface area contributed by atoms with Gasteiger partial charge in [0, 0.05) is 32.9 Å². The van der Waals surface area contributed by atoms with Gasteiger partial charge in [-0.25, -0.2) is 4.39 Å². The molecule has 0 radical (unpaired) electrons. The van der Waals surface area contributed by atoms with Crippen LogP contribution in [0.2, 0.25) is 10.0 Å². The molecule has 0 saturated carbocycles. The first-order valence-corrected chi connectivity index (χ1v) is 11.3. The average Bonchev–Trinajstić information content (AvgIpc) is 3.14. The fourth-order valence-electron chi connectivity index (χ4n) is 3.49. The number of amides is 1. The van der Waals surface area contributed by atoms with Crippen LogP contribution in [0.1, 0.15) is 32.7 Å². The van der Waals surface area contributed by atoms with Crippen molar-refractivity contribution in [3.8, 4) is 5.75 Å². The van der Waals surface area contributed by atoms with Crippen molar-refractivity contribution in [2.45, 2.75) is 27.0 Å². The molecule has 0 aliphatic heterocycles. The maximum Gasteiger partial charge on any atom is 0.256 e. The second-order valence-corrected chi connectivity index (χ2v) is 8.73. The number of ether oxygens (including phenoxy) is 1. The molecular weight excluding hydrogens is 476 g/mol. The van der Waals surface area contributed by atoms with Gasteiger partial charge in [0.25, 0.3) is 5.91 Å². The van der Waals surface area contributed by atoms with E-state index in [0.29, 0.717) is 33.6 Å². The molecule has 1 amide bonds. The molecule has 1 aromatic heterocycles. The van der Waals surface area contributed by atoms with Gasteiger partial charge in [0.05, 0.1) is 6.54 Å². The number of carbonyl (C=O) groups excluding carboxylic acids is 1. The SMILES string of the molecule is Cc1cc(Cl)ccc1OCc1cccc(C(=O)Nc2cc(C)n(Cc3c(F)cccc3Cl)n2)c1. The molecular formula is C26H22Cl2FN3O2. The third-order valence-electron chi connectivity index (χ3n) is 5.31. The third kappa shape index (κ3) is 5.58. The number of carbonyl (C=O) groups is 1. The van der Waals surface area contributed by atoms with Crippen molar-refractivity contribution >= 4 is 34.9 Å². The lowest BCUT2D eigenvalue weighted by Gasteiger charge is -2.10. The van der Waals surface area contributed by atoms with Gasteiger partial charge in [0.2, 0.25) is 0 Å². The highest BCUT2D eigenvalue weighted by molar-refractivity contribution is 6.31. The molecule has 0 spiro atoms. The molecule has 1 heterocycles. The molecule has 8 heteroatoms. The minimum absolute atomic E-state index is 0.157. The Morgan fingerprint density at radius 2 is 1.85 bits per heavy atom. The monoisotopic (exact) mass is 497 g/mol. The van der Waals surface area contributed by atoms with E-state index in [1.54, 1.807) is 47.1 Å². The number of rotatable bonds is 7. The number of halogens is 3. The zero-order chi connectivity index (χ0) is 24.2. The Kier molecular flexibility index (Phi) is 7.20. The topological polar surface area (TPSA) is 56.1 Å². The zero-order valence-corrected chi connectivity index (χ0v) is 20.1. The van der Waals surface area contributed by atoms with Crippen molar-refractivity contribution in [1.29, 1.82) is 0 Å². The van der Waals surface area contributed by atoms with Crippen molar-refractivity contribution in [3.63, 3.8) is 0 Å². The molecule has 34 heavy (non-hydrogen) atoms. The van der Waals surface area contributed by atoms with Crippen LogP contribution >= 0.6 is 23.2 Å². The van der Waals surface area contributed by atoms with Gasteiger partial charge in [-0.3, -0.25) is 9.48 Å². The van der Waals surface area contributed by atoms with Crippen molar-refractivity contribution in [2.75, 3.05) is 5.32 Å². The van der Waals surface area contributed by atoms with E-state index in [1.807, 2.05) is 32.0 Å². The van der Waals surface area contributed by atoms with Gasteiger partial charge < -0.3 is 10.1 Å². The van der Waals surface area contributed by atoms with E-state index in [0.717, 1.165) is 22.6 Å². The summed E-state index contributed by atoms with van der Waals surface area (Å²) in [5.74, 6) is 0.391. The van der Waals surface area contributed by atoms with E-state index in [4.69, 9.17) is 27.9 Å². The summed E-state index contributed by atoms with van der Waals surface area (Å²) in [7, 11) is 0. The highest BCUT2D eigenvalue weighted by atomic mass is 35.5. The lowest BCUT2D eigenvalue weighted by Crippen LogP contribution is -2.13. The number of nitrogens with one attached hydrogen (secondary N) is 1. The lowest BCUT2D eigenvalue weighted by molar-refractivity contribution is 0.102. The lowest BCUT2D eigenvalue weighted by atomic mass is 10.1. The van der Waals surface area contributed by atoms with Gasteiger partial charge in [-0.2, -0.15) is 5.10 Å². The molecule has 1 N–H and O–H groups in total. The van der Waals surface area contributed by atoms with Crippen LogP contribution in [-0.4, -0.2) is 15.7 Å². The van der Waals surface area contributed by atoms with E-state index >= 15 is 0 Å². The molecule has 4 aromatic rings. The molecule has 174 valence electrons. The van der Waals surface area contributed by atoms with Crippen LogP contribution in [0.3, 0.4) is 0 Å². The predicted molar refractivity (Wildman–Crippen MR) is 132 cm³/mol. The zero-order valence-electron chi connectivity index (χ0n) is 18.6. The summed E-state index contributed by atoms with van der Waals surface area (Å²) in [5, 5.41) is 8.17. The standard InChI is InChI=1S/C26H22Cl2FN3O2/c1-16-11-20(27)9-10-24(16)34-15-18-5-3-6-19(13-18)26(33)30-25-12-17(2)32(31-25)14-21-22(28)7-4-8-23(21)29/h3-13H,14-15H2,1-2H3,(H,30,31,33). The highest BCUT2D eigenvalue weighted by Crippen LogP contribution is 2.24. The summed E-state index contributed by atoms with van der Waals surface area (Å²) in [6, 6.07) is 18.9. The van der Waals surface area contributed by atoms with Crippen LogP contribution < -0.4 is 10.1 Å². The van der Waals surface area contributed by atoms with Gasteiger partial charge in [-0.15, -0.1) is 0 Å². The first-order chi connectivity index (χ1) is 16.3. The summed E-state index contributed by atoms with van der Waals surface area (Å²) in [6.45, 7) is 4.21. The van der Waals surface area contributed by atoms with Gasteiger partial charge >= 0.3 is 0 Å². The summed E-state index contributed by atoms with van der Waals surface area (Å²) in [5.41, 5.74) is 3.35. The maximum atomic E-state index is 14.1. The Bertz CT molecular complexity index is 1330. The van der Waals surface area contributed by atoms with Crippen LogP contribution in [0.4, 0.5) is 10.2 Å². The Labute approximate surface area is 207 Å². The van der Waals surface area contributed by atoms with Crippen molar-refractivity contribution in [1.82, 2.24) is 9.78 Å². The molecule has 0 aliphatic carbocycles. The number of aryl methyl sites for hydroxylation is 2. The number of hydrogen-bond acceptors (Lipinski definition) is 3. The second-order valence-electron chi connectivity index (χ2n) is 7.88. The number of hydrogen-bond donors (Lipinski definition) is 1. The van der Waals surface area contributed by atoms with Crippen LogP contribution in [0, 0.1) is 19.7 Å². The minimum atomic E-state index is -0.402. The van der Waals surface area contributed by atoms with E-state index in [9.17, 15) is 9.18 Å². The average molecular weight is 498 g/mol. The molecule has 0 saturated heterocycles. The van der Waals surface area contributed by atoms with Crippen LogP contribution in [0.5, 0.6) is 5.75 Å². The summed E-state index contributed by atoms with van der Waals surface area (Å²) < 4.78 is 21.6. The molecule has 4 rings (SSSR count). The number of anilines is 1. The first kappa shape index (κ1) is 23.8. The maximum absolute atomic E-state index is 14.1. The van der Waals surface area contributed by atoms with Gasteiger partial charge in [0.15, 0.2) is 5.82 Å². The second kappa shape index (κ2) is 10.3. The molecule has 0 unspecified atom stereocenters. The predicted octanol–water partition coefficient (Wildman–Crippen LogP) is 6.83. The van der Waals surface area contributed by atoms with E-state index in [2.05, 4.69) is 10.4 Å². The number of nitrogens with zero attached hydrogens (tertiary/aromatic N) is 2. The Morgan fingerprint density at radius 3 is 2.62 bits per heavy atom. The number of aromatic nitrogens is 2. The number of benzene rings is 3. The summed E-state index contributed by atoms with van der Waals surface area (Å²) in [4.78, 5) is 12.8. The van der Waals surface area contributed by atoms with Crippen LogP contribution in [0.25, 0.3) is 0 Å². The van der Waals surface area contributed by atoms with Crippen molar-refractivity contribution in [2.24, 2.45) is 0 Å². The molecule has 0 bridgehead atoms. The Hall–Kier alpha value is -3.35. The largest absolute Gasteiger partial charge is 0.489 e. The smallest absolute Gasteiger partial charge is 0.256 e. The van der Waals surface area contributed by atoms with E-state index in [-0.39, 0.29) is 12.5 Å². The summed E-state index contributed by atoms with van der Waals surface area (Å²) in [6.07, 6.45) is 0. The van der Waals surface area contributed by atoms with Crippen molar-refractivity contribution < 1.29 is 13.9 Å². The van der Waals surface area contributed by atoms with E-state index < -0.39 is 5.82 Å².